The number of nitrogens with one attached hydrogen (secondary N) is 2. The van der Waals surface area contributed by atoms with Crippen molar-refractivity contribution in [3.05, 3.63) is 59.7 Å². The highest BCUT2D eigenvalue weighted by Crippen LogP contribution is 2.24. The molecule has 1 aliphatic heterocycles. The molecule has 0 radical (unpaired) electrons. The number of benzene rings is 2. The molecule has 1 heterocycles. The summed E-state index contributed by atoms with van der Waals surface area (Å²) in [6.45, 7) is 5.24. The summed E-state index contributed by atoms with van der Waals surface area (Å²) in [4.78, 5) is 12.5. The third-order valence-corrected chi connectivity index (χ3v) is 6.95. The third-order valence-electron chi connectivity index (χ3n) is 4.91. The van der Waals surface area contributed by atoms with E-state index >= 15 is 0 Å². The van der Waals surface area contributed by atoms with Crippen molar-refractivity contribution >= 4 is 21.6 Å². The smallest absolute Gasteiger partial charge is 0.243 e. The van der Waals surface area contributed by atoms with Gasteiger partial charge in [-0.3, -0.25) is 4.79 Å². The van der Waals surface area contributed by atoms with Crippen LogP contribution in [0.3, 0.4) is 0 Å². The first-order chi connectivity index (χ1) is 13.9. The minimum atomic E-state index is -3.60. The summed E-state index contributed by atoms with van der Waals surface area (Å²) in [7, 11) is -3.60. The second kappa shape index (κ2) is 9.39. The summed E-state index contributed by atoms with van der Waals surface area (Å²) in [5.74, 6) is -0.167. The predicted octanol–water partition coefficient (Wildman–Crippen LogP) is 2.31. The molecule has 0 spiro atoms. The number of nitrogens with zero attached hydrogens (tertiary/aromatic N) is 1. The van der Waals surface area contributed by atoms with E-state index in [1.165, 1.54) is 4.31 Å². The van der Waals surface area contributed by atoms with Gasteiger partial charge in [0.25, 0.3) is 0 Å². The Hall–Kier alpha value is -2.42. The highest BCUT2D eigenvalue weighted by Gasteiger charge is 2.28. The van der Waals surface area contributed by atoms with Crippen LogP contribution in [0.5, 0.6) is 0 Å². The zero-order valence-corrected chi connectivity index (χ0v) is 17.5. The van der Waals surface area contributed by atoms with Gasteiger partial charge in [0, 0.05) is 18.8 Å². The average Bonchev–Trinajstić information content (AvgIpc) is 2.74. The van der Waals surface area contributed by atoms with Crippen molar-refractivity contribution in [1.29, 1.82) is 0 Å². The third kappa shape index (κ3) is 5.35. The van der Waals surface area contributed by atoms with Gasteiger partial charge in [-0.1, -0.05) is 36.4 Å². The van der Waals surface area contributed by atoms with Crippen LogP contribution in [0.4, 0.5) is 5.69 Å². The van der Waals surface area contributed by atoms with E-state index in [2.05, 4.69) is 10.6 Å². The minimum absolute atomic E-state index is 0.0529. The molecule has 0 saturated carbocycles. The summed E-state index contributed by atoms with van der Waals surface area (Å²) in [6, 6.07) is 14.7. The lowest BCUT2D eigenvalue weighted by Crippen LogP contribution is -2.40. The van der Waals surface area contributed by atoms with Crippen molar-refractivity contribution in [2.24, 2.45) is 0 Å². The number of sulfonamides is 1. The number of rotatable bonds is 7. The van der Waals surface area contributed by atoms with E-state index < -0.39 is 10.0 Å². The van der Waals surface area contributed by atoms with Crippen LogP contribution in [0.1, 0.15) is 24.1 Å². The van der Waals surface area contributed by atoms with Crippen LogP contribution in [-0.4, -0.2) is 51.5 Å². The first kappa shape index (κ1) is 21.3. The molecule has 1 fully saturated rings. The largest absolute Gasteiger partial charge is 0.379 e. The number of anilines is 1. The Morgan fingerprint density at radius 3 is 2.52 bits per heavy atom. The van der Waals surface area contributed by atoms with Crippen LogP contribution in [0.2, 0.25) is 0 Å². The van der Waals surface area contributed by atoms with Gasteiger partial charge in [-0.2, -0.15) is 4.31 Å². The maximum absolute atomic E-state index is 13.0. The zero-order chi connectivity index (χ0) is 20.9. The predicted molar refractivity (Wildman–Crippen MR) is 112 cm³/mol. The zero-order valence-electron chi connectivity index (χ0n) is 16.7. The average molecular weight is 418 g/mol. The van der Waals surface area contributed by atoms with Crippen LogP contribution in [0, 0.1) is 6.92 Å². The molecular formula is C21H27N3O4S. The Kier molecular flexibility index (Phi) is 6.89. The van der Waals surface area contributed by atoms with E-state index in [1.807, 2.05) is 37.3 Å². The molecule has 3 rings (SSSR count). The lowest BCUT2D eigenvalue weighted by Gasteiger charge is -2.27. The molecule has 2 aromatic carbocycles. The standard InChI is InChI=1S/C21H27N3O4S/c1-16-8-9-19(14-20(16)29(26,27)24-10-12-28-13-11-24)22-15-21(25)23-17(2)18-6-4-3-5-7-18/h3-9,14,17,22H,10-13,15H2,1-2H3,(H,23,25)/t17-/m0/s1. The fourth-order valence-corrected chi connectivity index (χ4v) is 4.87. The Morgan fingerprint density at radius 1 is 1.14 bits per heavy atom. The van der Waals surface area contributed by atoms with Crippen molar-refractivity contribution < 1.29 is 17.9 Å². The SMILES string of the molecule is Cc1ccc(NCC(=O)N[C@@H](C)c2ccccc2)cc1S(=O)(=O)N1CCOCC1. The summed E-state index contributed by atoms with van der Waals surface area (Å²) < 4.78 is 32.6. The molecule has 8 heteroatoms. The van der Waals surface area contributed by atoms with Gasteiger partial charge in [0.2, 0.25) is 15.9 Å². The molecular weight excluding hydrogens is 390 g/mol. The monoisotopic (exact) mass is 417 g/mol. The molecule has 0 aromatic heterocycles. The normalized spacial score (nSPS) is 16.2. The number of carbonyl (C=O) groups excluding carboxylic acids is 1. The number of hydrogen-bond acceptors (Lipinski definition) is 5. The first-order valence-electron chi connectivity index (χ1n) is 9.64. The van der Waals surface area contributed by atoms with Gasteiger partial charge in [0.05, 0.1) is 30.7 Å². The van der Waals surface area contributed by atoms with Gasteiger partial charge in [-0.05, 0) is 37.1 Å². The minimum Gasteiger partial charge on any atom is -0.379 e. The van der Waals surface area contributed by atoms with Crippen molar-refractivity contribution in [2.45, 2.75) is 24.8 Å². The van der Waals surface area contributed by atoms with E-state index in [4.69, 9.17) is 4.74 Å². The molecule has 0 bridgehead atoms. The highest BCUT2D eigenvalue weighted by molar-refractivity contribution is 7.89. The van der Waals surface area contributed by atoms with Gasteiger partial charge in [0.1, 0.15) is 0 Å². The maximum Gasteiger partial charge on any atom is 0.243 e. The fraction of sp³-hybridized carbons (Fsp3) is 0.381. The van der Waals surface area contributed by atoms with Gasteiger partial charge in [-0.25, -0.2) is 8.42 Å². The van der Waals surface area contributed by atoms with Gasteiger partial charge < -0.3 is 15.4 Å². The van der Waals surface area contributed by atoms with Crippen molar-refractivity contribution in [2.75, 3.05) is 38.2 Å². The molecule has 2 N–H and O–H groups in total. The summed E-state index contributed by atoms with van der Waals surface area (Å²) >= 11 is 0. The Morgan fingerprint density at radius 2 is 1.83 bits per heavy atom. The number of carbonyl (C=O) groups is 1. The molecule has 1 aliphatic rings. The molecule has 1 atom stereocenters. The van der Waals surface area contributed by atoms with Crippen LogP contribution in [0.15, 0.2) is 53.4 Å². The van der Waals surface area contributed by atoms with E-state index in [1.54, 1.807) is 25.1 Å². The van der Waals surface area contributed by atoms with Crippen LogP contribution in [0.25, 0.3) is 0 Å². The topological polar surface area (TPSA) is 87.7 Å². The molecule has 0 aliphatic carbocycles. The Bertz CT molecular complexity index is 942. The summed E-state index contributed by atoms with van der Waals surface area (Å²) in [5, 5.41) is 5.96. The number of morpholine rings is 1. The molecule has 156 valence electrons. The van der Waals surface area contributed by atoms with Crippen molar-refractivity contribution in [1.82, 2.24) is 9.62 Å². The van der Waals surface area contributed by atoms with E-state index in [9.17, 15) is 13.2 Å². The van der Waals surface area contributed by atoms with Gasteiger partial charge >= 0.3 is 0 Å². The second-order valence-corrected chi connectivity index (χ2v) is 8.96. The summed E-state index contributed by atoms with van der Waals surface area (Å²) in [6.07, 6.45) is 0. The molecule has 1 saturated heterocycles. The van der Waals surface area contributed by atoms with Crippen LogP contribution in [-0.2, 0) is 19.6 Å². The van der Waals surface area contributed by atoms with Gasteiger partial charge in [-0.15, -0.1) is 0 Å². The van der Waals surface area contributed by atoms with Crippen molar-refractivity contribution in [3.8, 4) is 0 Å². The van der Waals surface area contributed by atoms with Gasteiger partial charge in [0.15, 0.2) is 0 Å². The maximum atomic E-state index is 13.0. The van der Waals surface area contributed by atoms with E-state index in [0.29, 0.717) is 37.6 Å². The fourth-order valence-electron chi connectivity index (χ4n) is 3.21. The lowest BCUT2D eigenvalue weighted by atomic mass is 10.1. The summed E-state index contributed by atoms with van der Waals surface area (Å²) in [5.41, 5.74) is 2.28. The highest BCUT2D eigenvalue weighted by atomic mass is 32.2. The molecule has 7 nitrogen and oxygen atoms in total. The second-order valence-electron chi connectivity index (χ2n) is 7.05. The Balaban J connectivity index is 1.64. The number of hydrogen-bond donors (Lipinski definition) is 2. The number of amides is 1. The lowest BCUT2D eigenvalue weighted by molar-refractivity contribution is -0.120. The number of ether oxygens (including phenoxy) is 1. The molecule has 2 aromatic rings. The van der Waals surface area contributed by atoms with E-state index in [-0.39, 0.29) is 23.4 Å². The van der Waals surface area contributed by atoms with Crippen molar-refractivity contribution in [3.63, 3.8) is 0 Å². The molecule has 29 heavy (non-hydrogen) atoms. The molecule has 0 unspecified atom stereocenters. The Labute approximate surface area is 172 Å². The van der Waals surface area contributed by atoms with E-state index in [0.717, 1.165) is 5.56 Å². The molecule has 1 amide bonds. The quantitative estimate of drug-likeness (QED) is 0.722. The first-order valence-corrected chi connectivity index (χ1v) is 11.1. The number of aryl methyl sites for hydroxylation is 1. The van der Waals surface area contributed by atoms with Crippen LogP contribution >= 0.6 is 0 Å². The van der Waals surface area contributed by atoms with Crippen LogP contribution < -0.4 is 10.6 Å².